The normalized spacial score (nSPS) is 29.3. The van der Waals surface area contributed by atoms with Gasteiger partial charge in [-0.1, -0.05) is 54.3 Å². The van der Waals surface area contributed by atoms with E-state index in [1.807, 2.05) is 12.2 Å². The second kappa shape index (κ2) is 15.4. The van der Waals surface area contributed by atoms with E-state index in [4.69, 9.17) is 14.6 Å². The summed E-state index contributed by atoms with van der Waals surface area (Å²) in [6.45, 7) is 2.76. The maximum absolute atomic E-state index is 11.9. The molecule has 3 N–H and O–H groups in total. The van der Waals surface area contributed by atoms with Crippen molar-refractivity contribution in [1.82, 2.24) is 0 Å². The van der Waals surface area contributed by atoms with Crippen LogP contribution < -0.4 is 0 Å². The lowest BCUT2D eigenvalue weighted by Gasteiger charge is -2.21. The molecule has 32 heavy (non-hydrogen) atoms. The van der Waals surface area contributed by atoms with E-state index in [1.165, 1.54) is 0 Å². The number of alkyl halides is 1. The molecule has 1 heterocycles. The van der Waals surface area contributed by atoms with E-state index in [9.17, 15) is 15.0 Å². The highest BCUT2D eigenvalue weighted by atomic mass is 79.9. The number of ether oxygens (including phenoxy) is 2. The Hall–Kier alpha value is -0.470. The van der Waals surface area contributed by atoms with Crippen LogP contribution in [-0.2, 0) is 14.3 Å². The fraction of sp³-hybridized carbons (Fsp3) is 0.880. The van der Waals surface area contributed by atoms with E-state index in [1.54, 1.807) is 0 Å². The molecule has 2 aliphatic rings. The van der Waals surface area contributed by atoms with Gasteiger partial charge in [0.05, 0.1) is 31.0 Å². The SMILES string of the molecule is CCCCC[C@H](O)/C=C/[C@@H]1[C@H]2CC(C(Br)CCCC(=O)OCCCCCO)O[C@H]2C[C@H]1O. The lowest BCUT2D eigenvalue weighted by atomic mass is 9.89. The molecule has 0 bridgehead atoms. The van der Waals surface area contributed by atoms with Gasteiger partial charge in [-0.15, -0.1) is 0 Å². The Kier molecular flexibility index (Phi) is 13.4. The molecule has 2 fully saturated rings. The lowest BCUT2D eigenvalue weighted by molar-refractivity contribution is -0.143. The molecule has 2 unspecified atom stereocenters. The van der Waals surface area contributed by atoms with Gasteiger partial charge in [-0.3, -0.25) is 4.79 Å². The van der Waals surface area contributed by atoms with Gasteiger partial charge in [0.1, 0.15) is 0 Å². The van der Waals surface area contributed by atoms with Crippen molar-refractivity contribution >= 4 is 21.9 Å². The van der Waals surface area contributed by atoms with Gasteiger partial charge in [-0.25, -0.2) is 0 Å². The lowest BCUT2D eigenvalue weighted by Crippen LogP contribution is -2.24. The predicted octanol–water partition coefficient (Wildman–Crippen LogP) is 4.28. The summed E-state index contributed by atoms with van der Waals surface area (Å²) in [4.78, 5) is 12.0. The Morgan fingerprint density at radius 3 is 2.72 bits per heavy atom. The molecule has 1 aliphatic carbocycles. The van der Waals surface area contributed by atoms with Crippen LogP contribution in [0.5, 0.6) is 0 Å². The molecule has 2 rings (SSSR count). The van der Waals surface area contributed by atoms with E-state index in [0.717, 1.165) is 64.2 Å². The molecule has 0 amide bonds. The second-order valence-electron chi connectivity index (χ2n) is 9.35. The second-order valence-corrected chi connectivity index (χ2v) is 10.5. The van der Waals surface area contributed by atoms with Gasteiger partial charge in [0.25, 0.3) is 0 Å². The Morgan fingerprint density at radius 2 is 1.97 bits per heavy atom. The highest BCUT2D eigenvalue weighted by molar-refractivity contribution is 9.09. The Labute approximate surface area is 201 Å². The minimum absolute atomic E-state index is 0.0336. The zero-order chi connectivity index (χ0) is 23.3. The molecule has 6 nitrogen and oxygen atoms in total. The van der Waals surface area contributed by atoms with E-state index in [-0.39, 0.29) is 41.4 Å². The molecule has 1 aliphatic heterocycles. The maximum Gasteiger partial charge on any atom is 0.305 e. The summed E-state index contributed by atoms with van der Waals surface area (Å²) in [5.74, 6) is 0.146. The number of halogens is 1. The number of hydrogen-bond donors (Lipinski definition) is 3. The van der Waals surface area contributed by atoms with Crippen LogP contribution in [0.15, 0.2) is 12.2 Å². The number of rotatable bonds is 16. The average Bonchev–Trinajstić information content (AvgIpc) is 3.29. The summed E-state index contributed by atoms with van der Waals surface area (Å²) in [5.41, 5.74) is 0. The van der Waals surface area contributed by atoms with Crippen LogP contribution in [0, 0.1) is 11.8 Å². The van der Waals surface area contributed by atoms with Crippen molar-refractivity contribution in [3.05, 3.63) is 12.2 Å². The number of esters is 1. The van der Waals surface area contributed by atoms with Crippen molar-refractivity contribution in [2.75, 3.05) is 13.2 Å². The van der Waals surface area contributed by atoms with E-state index < -0.39 is 12.2 Å². The number of aliphatic hydroxyl groups is 3. The average molecular weight is 520 g/mol. The molecule has 0 aromatic carbocycles. The molecule has 7 atom stereocenters. The largest absolute Gasteiger partial charge is 0.466 e. The van der Waals surface area contributed by atoms with Gasteiger partial charge in [0.2, 0.25) is 0 Å². The molecule has 186 valence electrons. The van der Waals surface area contributed by atoms with Gasteiger partial charge in [-0.2, -0.15) is 0 Å². The molecular formula is C25H43BrO6. The third-order valence-electron chi connectivity index (χ3n) is 6.73. The summed E-state index contributed by atoms with van der Waals surface area (Å²) in [6.07, 6.45) is 13.2. The molecule has 0 spiro atoms. The molecule has 0 aromatic heterocycles. The van der Waals surface area contributed by atoms with Crippen LogP contribution in [0.25, 0.3) is 0 Å². The standard InChI is InChI=1S/C25H43BrO6/c1-2-3-5-9-18(28)12-13-19-20-16-24(32-23(20)17-22(19)29)21(26)10-8-11-25(30)31-15-7-4-6-14-27/h12-13,18-24,27-29H,2-11,14-17H2,1H3/b13-12+/t18-,19+,20+,21?,22+,23-,24?/m0/s1. The van der Waals surface area contributed by atoms with Crippen LogP contribution >= 0.6 is 15.9 Å². The van der Waals surface area contributed by atoms with E-state index in [2.05, 4.69) is 22.9 Å². The zero-order valence-corrected chi connectivity index (χ0v) is 21.1. The summed E-state index contributed by atoms with van der Waals surface area (Å²) >= 11 is 3.76. The predicted molar refractivity (Wildman–Crippen MR) is 129 cm³/mol. The first-order valence-electron chi connectivity index (χ1n) is 12.6. The summed E-state index contributed by atoms with van der Waals surface area (Å²) in [5, 5.41) is 29.4. The number of carbonyl (C=O) groups is 1. The van der Waals surface area contributed by atoms with Crippen LogP contribution in [0.3, 0.4) is 0 Å². The number of fused-ring (bicyclic) bond motifs is 1. The van der Waals surface area contributed by atoms with Gasteiger partial charge in [0, 0.05) is 30.2 Å². The molecule has 0 radical (unpaired) electrons. The van der Waals surface area contributed by atoms with Gasteiger partial charge >= 0.3 is 5.97 Å². The minimum atomic E-state index is -0.440. The van der Waals surface area contributed by atoms with Crippen molar-refractivity contribution < 1.29 is 29.6 Å². The van der Waals surface area contributed by atoms with Crippen molar-refractivity contribution in [2.24, 2.45) is 11.8 Å². The fourth-order valence-corrected chi connectivity index (χ4v) is 5.52. The van der Waals surface area contributed by atoms with Gasteiger partial charge < -0.3 is 24.8 Å². The van der Waals surface area contributed by atoms with Crippen LogP contribution in [0.4, 0.5) is 0 Å². The molecular weight excluding hydrogens is 476 g/mol. The van der Waals surface area contributed by atoms with Crippen molar-refractivity contribution in [1.29, 1.82) is 0 Å². The topological polar surface area (TPSA) is 96.2 Å². The maximum atomic E-state index is 11.9. The zero-order valence-electron chi connectivity index (χ0n) is 19.5. The smallest absolute Gasteiger partial charge is 0.305 e. The van der Waals surface area contributed by atoms with Crippen molar-refractivity contribution in [3.8, 4) is 0 Å². The first-order valence-corrected chi connectivity index (χ1v) is 13.5. The first kappa shape index (κ1) is 27.8. The minimum Gasteiger partial charge on any atom is -0.466 e. The fourth-order valence-electron chi connectivity index (χ4n) is 4.85. The first-order chi connectivity index (χ1) is 15.5. The van der Waals surface area contributed by atoms with Crippen LogP contribution in [-0.4, -0.2) is 63.7 Å². The summed E-state index contributed by atoms with van der Waals surface area (Å²) in [6, 6.07) is 0. The summed E-state index contributed by atoms with van der Waals surface area (Å²) in [7, 11) is 0. The Morgan fingerprint density at radius 1 is 1.16 bits per heavy atom. The van der Waals surface area contributed by atoms with E-state index >= 15 is 0 Å². The third kappa shape index (κ3) is 9.41. The number of hydrogen-bond acceptors (Lipinski definition) is 6. The van der Waals surface area contributed by atoms with Crippen LogP contribution in [0.2, 0.25) is 0 Å². The molecule has 0 aromatic rings. The number of carbonyl (C=O) groups excluding carboxylic acids is 1. The molecule has 7 heteroatoms. The Bertz CT molecular complexity index is 557. The number of unbranched alkanes of at least 4 members (excludes halogenated alkanes) is 4. The van der Waals surface area contributed by atoms with Gasteiger partial charge in [0.15, 0.2) is 0 Å². The Balaban J connectivity index is 1.68. The monoisotopic (exact) mass is 518 g/mol. The van der Waals surface area contributed by atoms with Crippen molar-refractivity contribution in [2.45, 2.75) is 113 Å². The molecule has 1 saturated carbocycles. The van der Waals surface area contributed by atoms with Crippen LogP contribution in [0.1, 0.15) is 84.0 Å². The number of aliphatic hydroxyl groups excluding tert-OH is 3. The highest BCUT2D eigenvalue weighted by Crippen LogP contribution is 2.46. The quantitative estimate of drug-likeness (QED) is 0.122. The van der Waals surface area contributed by atoms with Crippen molar-refractivity contribution in [3.63, 3.8) is 0 Å². The highest BCUT2D eigenvalue weighted by Gasteiger charge is 2.49. The third-order valence-corrected chi connectivity index (χ3v) is 7.78. The van der Waals surface area contributed by atoms with Gasteiger partial charge in [-0.05, 0) is 50.9 Å². The van der Waals surface area contributed by atoms with E-state index in [0.29, 0.717) is 19.4 Å². The summed E-state index contributed by atoms with van der Waals surface area (Å²) < 4.78 is 11.5. The molecule has 1 saturated heterocycles.